The standard InChI is InChI=1S/C9H16BrO5P/c1-3-14-16(13,15-4-2)9(7-11)5-8(12)6-10/h7,9H,3-6H2,1-2H3. The third-order valence-electron chi connectivity index (χ3n) is 1.77. The van der Waals surface area contributed by atoms with Crippen LogP contribution in [-0.2, 0) is 23.2 Å². The van der Waals surface area contributed by atoms with Crippen LogP contribution in [-0.4, -0.2) is 36.3 Å². The summed E-state index contributed by atoms with van der Waals surface area (Å²) in [6.45, 7) is 3.65. The lowest BCUT2D eigenvalue weighted by atomic mass is 10.2. The summed E-state index contributed by atoms with van der Waals surface area (Å²) in [5.41, 5.74) is -1.02. The smallest absolute Gasteiger partial charge is 0.308 e. The molecule has 0 N–H and O–H groups in total. The van der Waals surface area contributed by atoms with E-state index in [0.29, 0.717) is 6.29 Å². The largest absolute Gasteiger partial charge is 0.341 e. The molecular formula is C9H16BrO5P. The maximum Gasteiger partial charge on any atom is 0.341 e. The SMILES string of the molecule is CCOP(=O)(OCC)C(C=O)CC(=O)CBr. The van der Waals surface area contributed by atoms with Crippen LogP contribution < -0.4 is 0 Å². The van der Waals surface area contributed by atoms with Gasteiger partial charge in [0.25, 0.3) is 0 Å². The van der Waals surface area contributed by atoms with E-state index in [1.54, 1.807) is 13.8 Å². The molecule has 0 radical (unpaired) electrons. The van der Waals surface area contributed by atoms with Crippen molar-refractivity contribution in [2.24, 2.45) is 0 Å². The van der Waals surface area contributed by atoms with E-state index < -0.39 is 13.3 Å². The van der Waals surface area contributed by atoms with Crippen molar-refractivity contribution < 1.29 is 23.2 Å². The minimum atomic E-state index is -3.51. The summed E-state index contributed by atoms with van der Waals surface area (Å²) in [5.74, 6) is -0.211. The number of carbonyl (C=O) groups is 2. The lowest BCUT2D eigenvalue weighted by molar-refractivity contribution is -0.118. The highest BCUT2D eigenvalue weighted by molar-refractivity contribution is 9.09. The predicted molar refractivity (Wildman–Crippen MR) is 64.1 cm³/mol. The Hall–Kier alpha value is -0.0300. The van der Waals surface area contributed by atoms with Gasteiger partial charge in [0.15, 0.2) is 0 Å². The van der Waals surface area contributed by atoms with Crippen molar-refractivity contribution in [3.8, 4) is 0 Å². The maximum atomic E-state index is 12.2. The molecule has 0 amide bonds. The fraction of sp³-hybridized carbons (Fsp3) is 0.778. The molecule has 0 saturated heterocycles. The number of hydrogen-bond donors (Lipinski definition) is 0. The molecule has 16 heavy (non-hydrogen) atoms. The summed E-state index contributed by atoms with van der Waals surface area (Å²) < 4.78 is 22.2. The number of halogens is 1. The maximum absolute atomic E-state index is 12.2. The van der Waals surface area contributed by atoms with Crippen molar-refractivity contribution in [3.05, 3.63) is 0 Å². The molecule has 1 atom stereocenters. The first-order valence-electron chi connectivity index (χ1n) is 4.95. The molecule has 0 heterocycles. The molecule has 0 saturated carbocycles. The summed E-state index contributed by atoms with van der Waals surface area (Å²) in [6.07, 6.45) is 0.332. The Morgan fingerprint density at radius 2 is 1.88 bits per heavy atom. The van der Waals surface area contributed by atoms with Gasteiger partial charge >= 0.3 is 7.60 Å². The first-order valence-corrected chi connectivity index (χ1v) is 7.69. The first-order chi connectivity index (χ1) is 7.53. The molecular weight excluding hydrogens is 299 g/mol. The summed E-state index contributed by atoms with van der Waals surface area (Å²) in [5, 5.41) is 0.121. The van der Waals surface area contributed by atoms with E-state index in [2.05, 4.69) is 15.9 Å². The quantitative estimate of drug-likeness (QED) is 0.370. The number of aldehydes is 1. The second kappa shape index (κ2) is 8.12. The van der Waals surface area contributed by atoms with Crippen LogP contribution in [0.25, 0.3) is 0 Å². The number of rotatable bonds is 9. The molecule has 0 aromatic heterocycles. The van der Waals surface area contributed by atoms with Crippen LogP contribution in [0.1, 0.15) is 20.3 Å². The highest BCUT2D eigenvalue weighted by Crippen LogP contribution is 2.53. The number of alkyl halides is 1. The van der Waals surface area contributed by atoms with Gasteiger partial charge in [-0.2, -0.15) is 0 Å². The molecule has 0 aromatic carbocycles. The summed E-state index contributed by atoms with van der Waals surface area (Å²) >= 11 is 2.98. The molecule has 0 bridgehead atoms. The van der Waals surface area contributed by atoms with Gasteiger partial charge in [-0.15, -0.1) is 0 Å². The van der Waals surface area contributed by atoms with Gasteiger partial charge in [0, 0.05) is 6.42 Å². The Labute approximate surface area is 104 Å². The van der Waals surface area contributed by atoms with E-state index in [9.17, 15) is 14.2 Å². The minimum absolute atomic E-state index is 0.121. The Morgan fingerprint density at radius 3 is 2.19 bits per heavy atom. The molecule has 0 aliphatic carbocycles. The van der Waals surface area contributed by atoms with E-state index in [0.717, 1.165) is 0 Å². The van der Waals surface area contributed by atoms with Crippen molar-refractivity contribution in [3.63, 3.8) is 0 Å². The van der Waals surface area contributed by atoms with Crippen molar-refractivity contribution in [2.45, 2.75) is 25.9 Å². The van der Waals surface area contributed by atoms with Crippen molar-refractivity contribution in [1.82, 2.24) is 0 Å². The topological polar surface area (TPSA) is 69.7 Å². The second-order valence-electron chi connectivity index (χ2n) is 2.96. The molecule has 0 rings (SSSR count). The monoisotopic (exact) mass is 314 g/mol. The van der Waals surface area contributed by atoms with Crippen LogP contribution in [0.15, 0.2) is 0 Å². The zero-order valence-corrected chi connectivity index (χ0v) is 11.8. The molecule has 0 aromatic rings. The highest BCUT2D eigenvalue weighted by atomic mass is 79.9. The molecule has 0 aliphatic heterocycles. The van der Waals surface area contributed by atoms with Crippen LogP contribution in [0.3, 0.4) is 0 Å². The fourth-order valence-electron chi connectivity index (χ4n) is 1.11. The fourth-order valence-corrected chi connectivity index (χ4v) is 3.09. The first kappa shape index (κ1) is 16.0. The van der Waals surface area contributed by atoms with Crippen LogP contribution in [0.5, 0.6) is 0 Å². The summed E-state index contributed by atoms with van der Waals surface area (Å²) in [6, 6.07) is 0. The molecule has 7 heteroatoms. The normalized spacial score (nSPS) is 13.4. The summed E-state index contributed by atoms with van der Waals surface area (Å²) in [4.78, 5) is 22.1. The van der Waals surface area contributed by atoms with Gasteiger partial charge in [-0.1, -0.05) is 15.9 Å². The van der Waals surface area contributed by atoms with Crippen LogP contribution in [0.4, 0.5) is 0 Å². The van der Waals surface area contributed by atoms with E-state index in [4.69, 9.17) is 9.05 Å². The second-order valence-corrected chi connectivity index (χ2v) is 5.78. The molecule has 5 nitrogen and oxygen atoms in total. The predicted octanol–water partition coefficient (Wildman–Crippen LogP) is 2.17. The van der Waals surface area contributed by atoms with Gasteiger partial charge in [0.2, 0.25) is 0 Å². The van der Waals surface area contributed by atoms with Gasteiger partial charge in [-0.25, -0.2) is 0 Å². The minimum Gasteiger partial charge on any atom is -0.308 e. The Balaban J connectivity index is 4.77. The Morgan fingerprint density at radius 1 is 1.38 bits per heavy atom. The van der Waals surface area contributed by atoms with Crippen LogP contribution >= 0.6 is 23.5 Å². The molecule has 94 valence electrons. The third kappa shape index (κ3) is 4.87. The van der Waals surface area contributed by atoms with E-state index in [1.807, 2.05) is 0 Å². The third-order valence-corrected chi connectivity index (χ3v) is 4.75. The summed E-state index contributed by atoms with van der Waals surface area (Å²) in [7, 11) is -3.51. The van der Waals surface area contributed by atoms with Crippen LogP contribution in [0.2, 0.25) is 0 Å². The highest BCUT2D eigenvalue weighted by Gasteiger charge is 2.36. The van der Waals surface area contributed by atoms with Gasteiger partial charge in [-0.05, 0) is 13.8 Å². The number of ketones is 1. The van der Waals surface area contributed by atoms with Gasteiger partial charge in [0.05, 0.1) is 18.5 Å². The van der Waals surface area contributed by atoms with Crippen molar-refractivity contribution in [1.29, 1.82) is 0 Å². The molecule has 0 fully saturated rings. The van der Waals surface area contributed by atoms with E-state index in [1.165, 1.54) is 0 Å². The van der Waals surface area contributed by atoms with Crippen molar-refractivity contribution in [2.75, 3.05) is 18.5 Å². The zero-order valence-electron chi connectivity index (χ0n) is 9.35. The lowest BCUT2D eigenvalue weighted by Gasteiger charge is -2.21. The Kier molecular flexibility index (Phi) is 8.10. The number of carbonyl (C=O) groups excluding carboxylic acids is 2. The molecule has 0 spiro atoms. The lowest BCUT2D eigenvalue weighted by Crippen LogP contribution is -2.19. The van der Waals surface area contributed by atoms with E-state index >= 15 is 0 Å². The Bertz CT molecular complexity index is 271. The van der Waals surface area contributed by atoms with Gasteiger partial charge < -0.3 is 13.8 Å². The van der Waals surface area contributed by atoms with Gasteiger partial charge in [-0.3, -0.25) is 9.36 Å². The number of hydrogen-bond acceptors (Lipinski definition) is 5. The molecule has 0 aliphatic rings. The molecule has 1 unspecified atom stereocenters. The number of Topliss-reactive ketones (excluding diaryl/α,β-unsaturated/α-hetero) is 1. The van der Waals surface area contributed by atoms with Crippen molar-refractivity contribution >= 4 is 35.6 Å². The van der Waals surface area contributed by atoms with Gasteiger partial charge in [0.1, 0.15) is 17.7 Å². The average Bonchev–Trinajstić information content (AvgIpc) is 2.25. The average molecular weight is 315 g/mol. The van der Waals surface area contributed by atoms with Crippen LogP contribution in [0, 0.1) is 0 Å². The zero-order chi connectivity index (χ0) is 12.6. The van der Waals surface area contributed by atoms with E-state index in [-0.39, 0.29) is 30.7 Å².